The average molecular weight is 299 g/mol. The summed E-state index contributed by atoms with van der Waals surface area (Å²) in [5.41, 5.74) is 1.36. The van der Waals surface area contributed by atoms with Gasteiger partial charge in [-0.05, 0) is 18.3 Å². The molecule has 3 rings (SSSR count). The molecule has 110 valence electrons. The number of rotatable bonds is 4. The van der Waals surface area contributed by atoms with Crippen molar-refractivity contribution < 1.29 is 13.4 Å². The number of carbonyl (C=O) groups is 1. The van der Waals surface area contributed by atoms with Gasteiger partial charge in [0.05, 0.1) is 0 Å². The molecule has 2 N–H and O–H groups in total. The van der Waals surface area contributed by atoms with E-state index in [1.54, 1.807) is 0 Å². The van der Waals surface area contributed by atoms with Crippen LogP contribution in [0.5, 0.6) is 0 Å². The van der Waals surface area contributed by atoms with Crippen molar-refractivity contribution in [3.05, 3.63) is 23.7 Å². The van der Waals surface area contributed by atoms with Crippen molar-refractivity contribution >= 4 is 17.1 Å². The predicted molar refractivity (Wildman–Crippen MR) is 74.0 cm³/mol. The fourth-order valence-electron chi connectivity index (χ4n) is 2.57. The van der Waals surface area contributed by atoms with E-state index in [0.717, 1.165) is 5.57 Å². The van der Waals surface area contributed by atoms with Gasteiger partial charge in [0, 0.05) is 25.2 Å². The van der Waals surface area contributed by atoms with E-state index in [-0.39, 0.29) is 24.7 Å². The minimum atomic E-state index is -1.64. The fourth-order valence-corrected chi connectivity index (χ4v) is 3.39. The summed E-state index contributed by atoms with van der Waals surface area (Å²) in [6.07, 6.45) is 5.92. The number of carbonyl (C=O) groups excluding carboxylic acids is 1. The molecule has 0 bridgehead atoms. The van der Waals surface area contributed by atoms with Crippen LogP contribution >= 0.6 is 0 Å². The van der Waals surface area contributed by atoms with E-state index < -0.39 is 11.2 Å². The van der Waals surface area contributed by atoms with Crippen LogP contribution in [0.2, 0.25) is 0 Å². The molecule has 0 spiro atoms. The molecular formula is C13H18FN3O2S. The topological polar surface area (TPSA) is 61.4 Å². The number of nitrogens with one attached hydrogen (secondary N) is 2. The van der Waals surface area contributed by atoms with Gasteiger partial charge in [0.1, 0.15) is 12.4 Å². The van der Waals surface area contributed by atoms with Gasteiger partial charge in [-0.2, -0.15) is 0 Å². The highest BCUT2D eigenvalue weighted by atomic mass is 32.2. The van der Waals surface area contributed by atoms with Crippen molar-refractivity contribution in [1.82, 2.24) is 14.3 Å². The summed E-state index contributed by atoms with van der Waals surface area (Å²) in [5.74, 6) is -0.722. The summed E-state index contributed by atoms with van der Waals surface area (Å²) in [4.78, 5) is 11.0. The van der Waals surface area contributed by atoms with Crippen LogP contribution in [0.1, 0.15) is 26.2 Å². The van der Waals surface area contributed by atoms with Crippen LogP contribution in [0.15, 0.2) is 23.7 Å². The molecule has 2 heterocycles. The van der Waals surface area contributed by atoms with Gasteiger partial charge in [-0.1, -0.05) is 18.6 Å². The maximum atomic E-state index is 13.9. The minimum absolute atomic E-state index is 0.0575. The first-order valence-electron chi connectivity index (χ1n) is 6.73. The van der Waals surface area contributed by atoms with Crippen LogP contribution in [0, 0.1) is 5.41 Å². The molecule has 1 aliphatic carbocycles. The second-order valence-electron chi connectivity index (χ2n) is 5.94. The van der Waals surface area contributed by atoms with Crippen molar-refractivity contribution in [3.8, 4) is 0 Å². The Bertz CT molecular complexity index is 528. The van der Waals surface area contributed by atoms with Crippen molar-refractivity contribution in [3.63, 3.8) is 0 Å². The molecule has 7 heteroatoms. The zero-order valence-corrected chi connectivity index (χ0v) is 12.1. The van der Waals surface area contributed by atoms with Gasteiger partial charge in [-0.25, -0.2) is 8.60 Å². The zero-order valence-electron chi connectivity index (χ0n) is 11.3. The highest BCUT2D eigenvalue weighted by Gasteiger charge is 2.45. The van der Waals surface area contributed by atoms with Crippen LogP contribution in [0.3, 0.4) is 0 Å². The summed E-state index contributed by atoms with van der Waals surface area (Å²) in [6.45, 7) is 2.88. The number of amides is 1. The Hall–Kier alpha value is -1.21. The summed E-state index contributed by atoms with van der Waals surface area (Å²) >= 11 is -1.64. The maximum absolute atomic E-state index is 13.9. The monoisotopic (exact) mass is 299 g/mol. The molecular weight excluding hydrogens is 281 g/mol. The van der Waals surface area contributed by atoms with Gasteiger partial charge in [0.15, 0.2) is 0 Å². The van der Waals surface area contributed by atoms with Gasteiger partial charge in [0.2, 0.25) is 11.2 Å². The summed E-state index contributed by atoms with van der Waals surface area (Å²) in [5, 5.41) is 3.40. The average Bonchev–Trinajstić information content (AvgIpc) is 2.81. The lowest BCUT2D eigenvalue weighted by Gasteiger charge is -2.15. The zero-order chi connectivity index (χ0) is 14.3. The Morgan fingerprint density at radius 2 is 2.40 bits per heavy atom. The molecule has 2 atom stereocenters. The van der Waals surface area contributed by atoms with E-state index in [1.165, 1.54) is 23.3 Å². The lowest BCUT2D eigenvalue weighted by atomic mass is 9.99. The van der Waals surface area contributed by atoms with Crippen LogP contribution in [0.4, 0.5) is 4.39 Å². The Balaban J connectivity index is 1.60. The van der Waals surface area contributed by atoms with Crippen LogP contribution in [0.25, 0.3) is 0 Å². The van der Waals surface area contributed by atoms with E-state index >= 15 is 0 Å². The molecule has 1 saturated heterocycles. The molecule has 20 heavy (non-hydrogen) atoms. The molecule has 1 amide bonds. The minimum Gasteiger partial charge on any atom is -0.306 e. The van der Waals surface area contributed by atoms with Crippen molar-refractivity contribution in [2.45, 2.75) is 32.2 Å². The van der Waals surface area contributed by atoms with Crippen molar-refractivity contribution in [2.75, 3.05) is 13.1 Å². The highest BCUT2D eigenvalue weighted by Crippen LogP contribution is 2.49. The van der Waals surface area contributed by atoms with Gasteiger partial charge in [-0.15, -0.1) is 0 Å². The van der Waals surface area contributed by atoms with Gasteiger partial charge in [-0.3, -0.25) is 13.8 Å². The number of hydrogen-bond donors (Lipinski definition) is 2. The Morgan fingerprint density at radius 3 is 3.00 bits per heavy atom. The number of allylic oxidation sites excluding steroid dienone is 1. The summed E-state index contributed by atoms with van der Waals surface area (Å²) < 4.78 is 28.7. The SMILES string of the molecule is CC1(C2C=C(C/C(F)=C/N3CC(=O)NS3=O)CN2)CC1. The Labute approximate surface area is 120 Å². The number of halogens is 1. The third kappa shape index (κ3) is 2.78. The molecule has 2 fully saturated rings. The van der Waals surface area contributed by atoms with Crippen LogP contribution < -0.4 is 10.0 Å². The van der Waals surface area contributed by atoms with Crippen molar-refractivity contribution in [1.29, 1.82) is 0 Å². The van der Waals surface area contributed by atoms with E-state index in [2.05, 4.69) is 23.0 Å². The quantitative estimate of drug-likeness (QED) is 0.758. The number of nitrogens with zero attached hydrogens (tertiary/aromatic N) is 1. The fraction of sp³-hybridized carbons (Fsp3) is 0.615. The molecule has 0 aromatic rings. The van der Waals surface area contributed by atoms with E-state index in [4.69, 9.17) is 0 Å². The first kappa shape index (κ1) is 13.8. The smallest absolute Gasteiger partial charge is 0.253 e. The second kappa shape index (κ2) is 4.96. The normalized spacial score (nSPS) is 32.3. The molecule has 0 radical (unpaired) electrons. The standard InChI is InChI=1S/C13H18FN3O2S/c1-13(2-3-13)11-5-9(6-15-11)4-10(14)7-17-8-12(18)16-20(17)19/h5,7,11,15H,2-4,6,8H2,1H3,(H,16,18)/b10-7-. The Morgan fingerprint density at radius 1 is 1.65 bits per heavy atom. The molecule has 2 unspecified atom stereocenters. The van der Waals surface area contributed by atoms with E-state index in [9.17, 15) is 13.4 Å². The molecule has 3 aliphatic rings. The van der Waals surface area contributed by atoms with E-state index in [0.29, 0.717) is 18.0 Å². The summed E-state index contributed by atoms with van der Waals surface area (Å²) in [6, 6.07) is 0.342. The predicted octanol–water partition coefficient (Wildman–Crippen LogP) is 0.896. The Kier molecular flexibility index (Phi) is 3.41. The molecule has 2 aliphatic heterocycles. The largest absolute Gasteiger partial charge is 0.306 e. The van der Waals surface area contributed by atoms with Crippen LogP contribution in [-0.2, 0) is 16.0 Å². The lowest BCUT2D eigenvalue weighted by molar-refractivity contribution is -0.118. The highest BCUT2D eigenvalue weighted by molar-refractivity contribution is 7.81. The first-order valence-corrected chi connectivity index (χ1v) is 7.84. The third-order valence-electron chi connectivity index (χ3n) is 4.13. The van der Waals surface area contributed by atoms with Crippen LogP contribution in [-0.4, -0.2) is 33.6 Å². The molecule has 1 saturated carbocycles. The molecule has 0 aromatic carbocycles. The maximum Gasteiger partial charge on any atom is 0.253 e. The third-order valence-corrected chi connectivity index (χ3v) is 5.20. The first-order chi connectivity index (χ1) is 9.46. The van der Waals surface area contributed by atoms with E-state index in [1.807, 2.05) is 0 Å². The molecule has 5 nitrogen and oxygen atoms in total. The van der Waals surface area contributed by atoms with Gasteiger partial charge >= 0.3 is 0 Å². The molecule has 0 aromatic heterocycles. The second-order valence-corrected chi connectivity index (χ2v) is 7.11. The van der Waals surface area contributed by atoms with Gasteiger partial charge < -0.3 is 5.32 Å². The van der Waals surface area contributed by atoms with Gasteiger partial charge in [0.25, 0.3) is 5.91 Å². The lowest BCUT2D eigenvalue weighted by Crippen LogP contribution is -2.30. The number of hydrogen-bond acceptors (Lipinski definition) is 3. The van der Waals surface area contributed by atoms with Crippen molar-refractivity contribution in [2.24, 2.45) is 5.41 Å². The summed E-state index contributed by atoms with van der Waals surface area (Å²) in [7, 11) is 0.